The Morgan fingerprint density at radius 3 is 2.60 bits per heavy atom. The van der Waals surface area contributed by atoms with E-state index in [0.717, 1.165) is 5.09 Å². The van der Waals surface area contributed by atoms with Crippen molar-refractivity contribution in [3.63, 3.8) is 0 Å². The fourth-order valence-electron chi connectivity index (χ4n) is 0.104. The normalized spacial score (nSPS) is 16.6. The van der Waals surface area contributed by atoms with Gasteiger partial charge < -0.3 is 4.74 Å². The maximum Gasteiger partial charge on any atom is -0.0300 e. The summed E-state index contributed by atoms with van der Waals surface area (Å²) in [5.74, 6) is 0. The lowest BCUT2D eigenvalue weighted by molar-refractivity contribution is 0.513. The Morgan fingerprint density at radius 2 is 2.60 bits per heavy atom. The Bertz CT molecular complexity index is 67.3. The van der Waals surface area contributed by atoms with Crippen molar-refractivity contribution in [3.05, 3.63) is 11.4 Å². The summed E-state index contributed by atoms with van der Waals surface area (Å²) in [6.07, 6.45) is 4.52. The van der Waals surface area contributed by atoms with Crippen molar-refractivity contribution in [2.75, 3.05) is 6.26 Å². The zero-order valence-electron chi connectivity index (χ0n) is 2.82. The first-order valence-corrected chi connectivity index (χ1v) is 2.50. The molecule has 0 aliphatic carbocycles. The highest BCUT2D eigenvalue weighted by Gasteiger charge is 1.82. The van der Waals surface area contributed by atoms with Gasteiger partial charge in [0.1, 0.15) is 0 Å². The molecular formula is C3H3OS-. The van der Waals surface area contributed by atoms with Crippen LogP contribution in [0.2, 0.25) is 0 Å². The minimum Gasteiger partial charge on any atom is -0.664 e. The molecule has 2 heteroatoms. The SMILES string of the molecule is CSC1=[C-]O1. The monoisotopic (exact) mass is 87.0 g/mol. The molecule has 0 saturated heterocycles. The van der Waals surface area contributed by atoms with Crippen LogP contribution in [0.15, 0.2) is 5.09 Å². The number of ether oxygens (including phenoxy) is 1. The molecule has 5 heavy (non-hydrogen) atoms. The molecule has 0 spiro atoms. The van der Waals surface area contributed by atoms with Crippen LogP contribution in [0.1, 0.15) is 0 Å². The molecule has 28 valence electrons. The molecule has 0 fully saturated rings. The van der Waals surface area contributed by atoms with Crippen molar-refractivity contribution in [3.8, 4) is 0 Å². The van der Waals surface area contributed by atoms with Crippen LogP contribution in [0.4, 0.5) is 0 Å². The zero-order chi connectivity index (χ0) is 3.70. The van der Waals surface area contributed by atoms with Crippen LogP contribution in [0, 0.1) is 6.26 Å². The van der Waals surface area contributed by atoms with E-state index in [-0.39, 0.29) is 0 Å². The minimum atomic E-state index is 0.921. The highest BCUT2D eigenvalue weighted by Crippen LogP contribution is 2.22. The Kier molecular flexibility index (Phi) is 0.580. The van der Waals surface area contributed by atoms with Gasteiger partial charge >= 0.3 is 0 Å². The first-order chi connectivity index (χ1) is 2.43. The van der Waals surface area contributed by atoms with Gasteiger partial charge in [-0.15, -0.1) is 6.26 Å². The number of thioether (sulfide) groups is 1. The lowest BCUT2D eigenvalue weighted by Gasteiger charge is -1.85. The summed E-state index contributed by atoms with van der Waals surface area (Å²) in [5, 5.41) is 0.921. The topological polar surface area (TPSA) is 12.5 Å². The molecular weight excluding hydrogens is 84.1 g/mol. The van der Waals surface area contributed by atoms with Crippen LogP contribution in [0.25, 0.3) is 0 Å². The molecule has 1 heterocycles. The lowest BCUT2D eigenvalue weighted by atomic mass is 11.3. The fourth-order valence-corrected chi connectivity index (χ4v) is 0.312. The second kappa shape index (κ2) is 0.937. The fraction of sp³-hybridized carbons (Fsp3) is 0.333. The summed E-state index contributed by atoms with van der Waals surface area (Å²) in [6, 6.07) is 0. The first kappa shape index (κ1) is 3.09. The average molecular weight is 87.1 g/mol. The van der Waals surface area contributed by atoms with Crippen LogP contribution >= 0.6 is 11.8 Å². The molecule has 1 rings (SSSR count). The van der Waals surface area contributed by atoms with E-state index in [0.29, 0.717) is 0 Å². The van der Waals surface area contributed by atoms with Crippen LogP contribution in [-0.4, -0.2) is 6.26 Å². The second-order valence-electron chi connectivity index (χ2n) is 0.696. The molecule has 0 radical (unpaired) electrons. The molecule has 0 aromatic rings. The van der Waals surface area contributed by atoms with Gasteiger partial charge in [-0.05, 0) is 6.26 Å². The van der Waals surface area contributed by atoms with E-state index in [1.165, 1.54) is 0 Å². The highest BCUT2D eigenvalue weighted by atomic mass is 32.2. The van der Waals surface area contributed by atoms with Gasteiger partial charge in [-0.25, -0.2) is 11.8 Å². The van der Waals surface area contributed by atoms with Gasteiger partial charge in [0, 0.05) is 0 Å². The number of hydrogen-bond acceptors (Lipinski definition) is 2. The predicted octanol–water partition coefficient (Wildman–Crippen LogP) is 0.982. The summed E-state index contributed by atoms with van der Waals surface area (Å²) < 4.78 is 4.49. The van der Waals surface area contributed by atoms with Crippen molar-refractivity contribution >= 4 is 11.8 Å². The lowest BCUT2D eigenvalue weighted by Crippen LogP contribution is -1.41. The predicted molar refractivity (Wildman–Crippen MR) is 21.4 cm³/mol. The van der Waals surface area contributed by atoms with E-state index in [1.54, 1.807) is 11.8 Å². The standard InChI is InChI=1S/C3H3OS/c1-5-3-2-4-3/h1H3/q-1. The van der Waals surface area contributed by atoms with Gasteiger partial charge in [-0.3, -0.25) is 0 Å². The van der Waals surface area contributed by atoms with Crippen molar-refractivity contribution in [1.29, 1.82) is 0 Å². The molecule has 0 amide bonds. The largest absolute Gasteiger partial charge is 0.664 e. The van der Waals surface area contributed by atoms with Crippen LogP contribution in [-0.2, 0) is 4.74 Å². The highest BCUT2D eigenvalue weighted by molar-refractivity contribution is 8.02. The number of rotatable bonds is 1. The summed E-state index contributed by atoms with van der Waals surface area (Å²) >= 11 is 1.57. The molecule has 0 N–H and O–H groups in total. The van der Waals surface area contributed by atoms with E-state index >= 15 is 0 Å². The molecule has 0 aromatic carbocycles. The maximum absolute atomic E-state index is 4.49. The van der Waals surface area contributed by atoms with Crippen molar-refractivity contribution in [2.45, 2.75) is 0 Å². The molecule has 0 atom stereocenters. The molecule has 1 nitrogen and oxygen atoms in total. The van der Waals surface area contributed by atoms with E-state index < -0.39 is 0 Å². The molecule has 0 saturated carbocycles. The molecule has 0 aromatic heterocycles. The van der Waals surface area contributed by atoms with Crippen LogP contribution in [0.5, 0.6) is 0 Å². The second-order valence-corrected chi connectivity index (χ2v) is 1.47. The summed E-state index contributed by atoms with van der Waals surface area (Å²) in [6.45, 7) is 0. The van der Waals surface area contributed by atoms with Crippen molar-refractivity contribution in [2.24, 2.45) is 0 Å². The van der Waals surface area contributed by atoms with Gasteiger partial charge in [0.2, 0.25) is 0 Å². The summed E-state index contributed by atoms with van der Waals surface area (Å²) in [7, 11) is 0. The Morgan fingerprint density at radius 1 is 2.00 bits per heavy atom. The first-order valence-electron chi connectivity index (χ1n) is 1.27. The minimum absolute atomic E-state index is 0.921. The Balaban J connectivity index is 2.22. The third-order valence-corrected chi connectivity index (χ3v) is 0.908. The summed E-state index contributed by atoms with van der Waals surface area (Å²) in [5.41, 5.74) is 0. The zero-order valence-corrected chi connectivity index (χ0v) is 3.63. The van der Waals surface area contributed by atoms with Crippen LogP contribution < -0.4 is 0 Å². The van der Waals surface area contributed by atoms with E-state index in [4.69, 9.17) is 0 Å². The van der Waals surface area contributed by atoms with Crippen molar-refractivity contribution in [1.82, 2.24) is 0 Å². The van der Waals surface area contributed by atoms with Gasteiger partial charge in [0.25, 0.3) is 0 Å². The molecule has 1 aliphatic heterocycles. The van der Waals surface area contributed by atoms with Gasteiger partial charge in [0.05, 0.1) is 0 Å². The average Bonchev–Trinajstić information content (AvgIpc) is 2.12. The van der Waals surface area contributed by atoms with Crippen LogP contribution in [0.3, 0.4) is 0 Å². The maximum atomic E-state index is 4.49. The van der Waals surface area contributed by atoms with E-state index in [9.17, 15) is 0 Å². The Hall–Kier alpha value is -0.110. The molecule has 0 unspecified atom stereocenters. The van der Waals surface area contributed by atoms with Crippen molar-refractivity contribution < 1.29 is 4.74 Å². The smallest absolute Gasteiger partial charge is 0.0300 e. The third kappa shape index (κ3) is 0.581. The van der Waals surface area contributed by atoms with Gasteiger partial charge in [-0.2, -0.15) is 0 Å². The third-order valence-electron chi connectivity index (χ3n) is 0.371. The summed E-state index contributed by atoms with van der Waals surface area (Å²) in [4.78, 5) is 0. The van der Waals surface area contributed by atoms with Gasteiger partial charge in [-0.1, -0.05) is 5.09 Å². The Labute approximate surface area is 35.0 Å². The van der Waals surface area contributed by atoms with E-state index in [1.807, 2.05) is 6.26 Å². The molecule has 0 bridgehead atoms. The quantitative estimate of drug-likeness (QED) is 0.442. The van der Waals surface area contributed by atoms with E-state index in [2.05, 4.69) is 11.0 Å². The number of hydrogen-bond donors (Lipinski definition) is 0. The molecule has 1 aliphatic rings. The van der Waals surface area contributed by atoms with Gasteiger partial charge in [0.15, 0.2) is 0 Å².